The molecule has 178 valence electrons. The fourth-order valence-corrected chi connectivity index (χ4v) is 5.33. The summed E-state index contributed by atoms with van der Waals surface area (Å²) in [5.74, 6) is 0. The van der Waals surface area contributed by atoms with Crippen molar-refractivity contribution in [2.45, 2.75) is 83.3 Å². The van der Waals surface area contributed by atoms with Gasteiger partial charge in [0, 0.05) is 25.4 Å². The fourth-order valence-electron chi connectivity index (χ4n) is 4.15. The number of ether oxygens (including phenoxy) is 1. The molecule has 1 aromatic carbocycles. The number of benzene rings is 1. The van der Waals surface area contributed by atoms with Gasteiger partial charge < -0.3 is 9.64 Å². The molecule has 7 heteroatoms. The molecule has 1 aliphatic carbocycles. The zero-order valence-electron chi connectivity index (χ0n) is 19.8. The molecule has 31 heavy (non-hydrogen) atoms. The number of hydrogen-bond donors (Lipinski definition) is 1. The molecule has 0 heterocycles. The lowest BCUT2D eigenvalue weighted by molar-refractivity contribution is 0.0156. The van der Waals surface area contributed by atoms with Crippen LogP contribution in [0, 0.1) is 0 Å². The number of rotatable bonds is 15. The van der Waals surface area contributed by atoms with Crippen LogP contribution in [0.1, 0.15) is 71.1 Å². The van der Waals surface area contributed by atoms with Crippen molar-refractivity contribution in [1.29, 1.82) is 0 Å². The number of unbranched alkanes of at least 4 members (excludes halogenated alkanes) is 4. The smallest absolute Gasteiger partial charge is 0.301 e. The minimum Gasteiger partial charge on any atom is -0.378 e. The minimum absolute atomic E-state index is 0.0318. The van der Waals surface area contributed by atoms with Gasteiger partial charge in [-0.05, 0) is 83.6 Å². The maximum atomic E-state index is 12.7. The monoisotopic (exact) mass is 453 g/mol. The van der Waals surface area contributed by atoms with Gasteiger partial charge in [0.1, 0.15) is 0 Å². The summed E-state index contributed by atoms with van der Waals surface area (Å²) in [5.41, 5.74) is 0.596. The van der Waals surface area contributed by atoms with Crippen LogP contribution in [0.5, 0.6) is 0 Å². The van der Waals surface area contributed by atoms with E-state index in [1.807, 2.05) is 18.2 Å². The highest BCUT2D eigenvalue weighted by molar-refractivity contribution is 7.90. The van der Waals surface area contributed by atoms with Crippen LogP contribution in [-0.4, -0.2) is 63.6 Å². The number of hydrogen-bond acceptors (Lipinski definition) is 4. The Bertz CT molecular complexity index is 691. The topological polar surface area (TPSA) is 61.9 Å². The van der Waals surface area contributed by atoms with Gasteiger partial charge in [-0.1, -0.05) is 38.0 Å². The minimum atomic E-state index is -3.53. The Morgan fingerprint density at radius 2 is 1.58 bits per heavy atom. The van der Waals surface area contributed by atoms with E-state index in [2.05, 4.69) is 23.6 Å². The van der Waals surface area contributed by atoms with Crippen molar-refractivity contribution in [3.8, 4) is 0 Å². The molecule has 2 rings (SSSR count). The quantitative estimate of drug-likeness (QED) is 0.384. The fraction of sp³-hybridized carbons (Fsp3) is 0.750. The predicted molar refractivity (Wildman–Crippen MR) is 130 cm³/mol. The van der Waals surface area contributed by atoms with Crippen LogP contribution < -0.4 is 4.72 Å². The lowest BCUT2D eigenvalue weighted by Gasteiger charge is -2.34. The highest BCUT2D eigenvalue weighted by atomic mass is 32.2. The van der Waals surface area contributed by atoms with E-state index in [1.165, 1.54) is 49.5 Å². The van der Waals surface area contributed by atoms with Gasteiger partial charge in [-0.15, -0.1) is 0 Å². The largest absolute Gasteiger partial charge is 0.378 e. The van der Waals surface area contributed by atoms with Gasteiger partial charge in [0.15, 0.2) is 0 Å². The van der Waals surface area contributed by atoms with Crippen LogP contribution in [0.25, 0.3) is 0 Å². The van der Waals surface area contributed by atoms with E-state index in [1.54, 1.807) is 19.2 Å². The molecule has 0 atom stereocenters. The molecule has 6 nitrogen and oxygen atoms in total. The van der Waals surface area contributed by atoms with Crippen LogP contribution in [0.2, 0.25) is 0 Å². The Labute approximate surface area is 190 Å². The summed E-state index contributed by atoms with van der Waals surface area (Å²) in [6.45, 7) is 5.44. The van der Waals surface area contributed by atoms with Crippen LogP contribution in [0.4, 0.5) is 5.69 Å². The molecule has 1 fully saturated rings. The first-order chi connectivity index (χ1) is 14.9. The average Bonchev–Trinajstić information content (AvgIpc) is 2.76. The second kappa shape index (κ2) is 14.1. The summed E-state index contributed by atoms with van der Waals surface area (Å²) in [6.07, 6.45) is 11.3. The van der Waals surface area contributed by atoms with E-state index in [0.29, 0.717) is 5.69 Å². The molecule has 1 aromatic rings. The summed E-state index contributed by atoms with van der Waals surface area (Å²) < 4.78 is 35.6. The van der Waals surface area contributed by atoms with Crippen molar-refractivity contribution < 1.29 is 13.2 Å². The Hall–Kier alpha value is -1.15. The molecule has 1 aliphatic rings. The van der Waals surface area contributed by atoms with Crippen molar-refractivity contribution in [3.63, 3.8) is 0 Å². The summed E-state index contributed by atoms with van der Waals surface area (Å²) in [7, 11) is 0.363. The molecule has 0 bridgehead atoms. The molecule has 0 radical (unpaired) electrons. The van der Waals surface area contributed by atoms with Crippen molar-refractivity contribution in [2.75, 3.05) is 38.5 Å². The van der Waals surface area contributed by atoms with E-state index in [0.717, 1.165) is 38.7 Å². The number of para-hydroxylation sites is 1. The van der Waals surface area contributed by atoms with Gasteiger partial charge in [0.25, 0.3) is 0 Å². The van der Waals surface area contributed by atoms with Gasteiger partial charge in [-0.25, -0.2) is 0 Å². The van der Waals surface area contributed by atoms with E-state index in [-0.39, 0.29) is 12.1 Å². The van der Waals surface area contributed by atoms with E-state index in [4.69, 9.17) is 4.74 Å². The maximum Gasteiger partial charge on any atom is 0.301 e. The standard InChI is InChI=1S/C24H43N3O3S/c1-4-5-10-19-26(2)20-11-7-12-21-30-24-17-15-23(16-18-24)27(3)31(28,29)25-22-13-8-6-9-14-22/h6,8-9,13-14,23-25H,4-5,7,10-12,15-21H2,1-3H3. The highest BCUT2D eigenvalue weighted by Gasteiger charge is 2.30. The third kappa shape index (κ3) is 9.89. The second-order valence-electron chi connectivity index (χ2n) is 8.86. The summed E-state index contributed by atoms with van der Waals surface area (Å²) >= 11 is 0. The molecule has 0 saturated heterocycles. The van der Waals surface area contributed by atoms with Crippen LogP contribution in [0.15, 0.2) is 30.3 Å². The first kappa shape index (κ1) is 26.1. The number of anilines is 1. The number of nitrogens with one attached hydrogen (secondary N) is 1. The third-order valence-electron chi connectivity index (χ3n) is 6.24. The Kier molecular flexibility index (Phi) is 11.9. The first-order valence-electron chi connectivity index (χ1n) is 12.0. The Balaban J connectivity index is 1.58. The van der Waals surface area contributed by atoms with Gasteiger partial charge in [-0.2, -0.15) is 12.7 Å². The molecule has 0 amide bonds. The van der Waals surface area contributed by atoms with Crippen molar-refractivity contribution in [2.24, 2.45) is 0 Å². The van der Waals surface area contributed by atoms with Crippen molar-refractivity contribution >= 4 is 15.9 Å². The zero-order chi connectivity index (χ0) is 22.5. The zero-order valence-corrected chi connectivity index (χ0v) is 20.6. The third-order valence-corrected chi connectivity index (χ3v) is 7.79. The molecule has 0 aliphatic heterocycles. The molecule has 1 saturated carbocycles. The van der Waals surface area contributed by atoms with Crippen molar-refractivity contribution in [1.82, 2.24) is 9.21 Å². The van der Waals surface area contributed by atoms with Crippen LogP contribution in [-0.2, 0) is 14.9 Å². The van der Waals surface area contributed by atoms with Gasteiger partial charge >= 0.3 is 10.2 Å². The second-order valence-corrected chi connectivity index (χ2v) is 10.6. The first-order valence-corrected chi connectivity index (χ1v) is 13.5. The Morgan fingerprint density at radius 3 is 2.23 bits per heavy atom. The van der Waals surface area contributed by atoms with Gasteiger partial charge in [-0.3, -0.25) is 4.72 Å². The van der Waals surface area contributed by atoms with E-state index in [9.17, 15) is 8.42 Å². The normalized spacial score (nSPS) is 19.8. The lowest BCUT2D eigenvalue weighted by atomic mass is 9.93. The average molecular weight is 454 g/mol. The molecular weight excluding hydrogens is 410 g/mol. The van der Waals surface area contributed by atoms with Gasteiger partial charge in [0.05, 0.1) is 6.10 Å². The highest BCUT2D eigenvalue weighted by Crippen LogP contribution is 2.26. The van der Waals surface area contributed by atoms with Crippen LogP contribution >= 0.6 is 0 Å². The molecule has 0 aromatic heterocycles. The summed E-state index contributed by atoms with van der Waals surface area (Å²) in [4.78, 5) is 2.44. The van der Waals surface area contributed by atoms with Crippen LogP contribution in [0.3, 0.4) is 0 Å². The molecule has 0 unspecified atom stereocenters. The molecule has 1 N–H and O–H groups in total. The predicted octanol–water partition coefficient (Wildman–Crippen LogP) is 4.90. The summed E-state index contributed by atoms with van der Waals surface area (Å²) in [6, 6.07) is 9.08. The SMILES string of the molecule is CCCCCN(C)CCCCCOC1CCC(N(C)S(=O)(=O)Nc2ccccc2)CC1. The van der Waals surface area contributed by atoms with E-state index < -0.39 is 10.2 Å². The lowest BCUT2D eigenvalue weighted by Crippen LogP contribution is -2.43. The number of nitrogens with zero attached hydrogens (tertiary/aromatic N) is 2. The maximum absolute atomic E-state index is 12.7. The summed E-state index contributed by atoms with van der Waals surface area (Å²) in [5, 5.41) is 0. The molecular formula is C24H43N3O3S. The van der Waals surface area contributed by atoms with E-state index >= 15 is 0 Å². The Morgan fingerprint density at radius 1 is 0.935 bits per heavy atom. The van der Waals surface area contributed by atoms with Crippen molar-refractivity contribution in [3.05, 3.63) is 30.3 Å². The molecule has 0 spiro atoms. The van der Waals surface area contributed by atoms with Gasteiger partial charge in [0.2, 0.25) is 0 Å².